The van der Waals surface area contributed by atoms with Crippen LogP contribution in [0.2, 0.25) is 0 Å². The summed E-state index contributed by atoms with van der Waals surface area (Å²) in [7, 11) is 0. The fraction of sp³-hybridized carbons (Fsp3) is 0.389. The van der Waals surface area contributed by atoms with Gasteiger partial charge in [-0.25, -0.2) is 0 Å². The van der Waals surface area contributed by atoms with E-state index in [1.165, 1.54) is 0 Å². The minimum absolute atomic E-state index is 0.163. The molecule has 1 aromatic carbocycles. The van der Waals surface area contributed by atoms with Crippen LogP contribution in [0.15, 0.2) is 34.8 Å². The molecule has 4 atom stereocenters. The summed E-state index contributed by atoms with van der Waals surface area (Å²) in [4.78, 5) is 38.6. The molecule has 3 aliphatic rings. The molecule has 1 N–H and O–H groups in total. The third-order valence-corrected chi connectivity index (χ3v) is 5.92. The van der Waals surface area contributed by atoms with Gasteiger partial charge in [0.2, 0.25) is 17.7 Å². The van der Waals surface area contributed by atoms with Gasteiger partial charge in [-0.3, -0.25) is 19.3 Å². The lowest BCUT2D eigenvalue weighted by Crippen LogP contribution is -2.39. The number of imide groups is 1. The summed E-state index contributed by atoms with van der Waals surface area (Å²) in [6.07, 6.45) is 4.98. The molecule has 124 valence electrons. The van der Waals surface area contributed by atoms with Crippen molar-refractivity contribution in [2.24, 2.45) is 23.7 Å². The Morgan fingerprint density at radius 3 is 2.42 bits per heavy atom. The lowest BCUT2D eigenvalue weighted by atomic mass is 9.85. The van der Waals surface area contributed by atoms with Gasteiger partial charge in [-0.1, -0.05) is 18.2 Å². The molecule has 5 nitrogen and oxygen atoms in total. The third-order valence-electron chi connectivity index (χ3n) is 5.26. The van der Waals surface area contributed by atoms with Crippen LogP contribution in [0.3, 0.4) is 0 Å². The van der Waals surface area contributed by atoms with Crippen molar-refractivity contribution in [3.8, 4) is 0 Å². The largest absolute Gasteiger partial charge is 0.324 e. The van der Waals surface area contributed by atoms with Gasteiger partial charge in [0.15, 0.2) is 0 Å². The molecule has 0 unspecified atom stereocenters. The number of hydrogen-bond acceptors (Lipinski definition) is 3. The number of allylic oxidation sites excluding steroid dienone is 2. The van der Waals surface area contributed by atoms with Crippen molar-refractivity contribution in [3.63, 3.8) is 0 Å². The zero-order valence-electron chi connectivity index (χ0n) is 13.2. The maximum atomic E-state index is 12.6. The van der Waals surface area contributed by atoms with Crippen molar-refractivity contribution in [3.05, 3.63) is 40.4 Å². The van der Waals surface area contributed by atoms with E-state index in [0.29, 0.717) is 5.69 Å². The Labute approximate surface area is 148 Å². The van der Waals surface area contributed by atoms with E-state index < -0.39 is 0 Å². The molecule has 1 heterocycles. The zero-order valence-corrected chi connectivity index (χ0v) is 14.7. The molecule has 0 radical (unpaired) electrons. The normalized spacial score (nSPS) is 30.2. The molecule has 1 aliphatic heterocycles. The van der Waals surface area contributed by atoms with Gasteiger partial charge in [0.05, 0.1) is 17.5 Å². The minimum Gasteiger partial charge on any atom is -0.324 e. The van der Waals surface area contributed by atoms with Gasteiger partial charge in [0.25, 0.3) is 0 Å². The highest BCUT2D eigenvalue weighted by molar-refractivity contribution is 9.10. The first kappa shape index (κ1) is 15.6. The highest BCUT2D eigenvalue weighted by atomic mass is 79.9. The summed E-state index contributed by atoms with van der Waals surface area (Å²) >= 11 is 3.41. The molecule has 2 fully saturated rings. The summed E-state index contributed by atoms with van der Waals surface area (Å²) in [5, 5.41) is 2.76. The number of carbonyl (C=O) groups excluding carboxylic acids is 3. The van der Waals surface area contributed by atoms with Crippen molar-refractivity contribution < 1.29 is 14.4 Å². The molecular weight excluding hydrogens is 372 g/mol. The first-order valence-corrected chi connectivity index (χ1v) is 8.84. The van der Waals surface area contributed by atoms with Gasteiger partial charge in [-0.15, -0.1) is 0 Å². The molecule has 0 spiro atoms. The molecule has 3 amide bonds. The van der Waals surface area contributed by atoms with Crippen LogP contribution in [-0.4, -0.2) is 29.2 Å². The Morgan fingerprint density at radius 2 is 1.83 bits per heavy atom. The Bertz CT molecular complexity index is 758. The maximum absolute atomic E-state index is 12.6. The molecule has 1 saturated heterocycles. The fourth-order valence-corrected chi connectivity index (χ4v) is 4.77. The van der Waals surface area contributed by atoms with Crippen molar-refractivity contribution in [2.75, 3.05) is 11.9 Å². The number of halogens is 1. The van der Waals surface area contributed by atoms with E-state index in [-0.39, 0.29) is 47.9 Å². The molecular formula is C18H17BrN2O3. The standard InChI is InChI=1S/C18H17BrN2O3/c1-9-2-5-13(12(19)6-9)20-14(22)8-21-17(23)15-10-3-4-11(7-10)16(15)18(21)24/h2-6,10-11,15-16H,7-8H2,1H3,(H,20,22)/t10-,11-,15-,16-/m0/s1. The summed E-state index contributed by atoms with van der Waals surface area (Å²) in [6, 6.07) is 5.58. The summed E-state index contributed by atoms with van der Waals surface area (Å²) in [5.41, 5.74) is 1.70. The van der Waals surface area contributed by atoms with Gasteiger partial charge in [0, 0.05) is 4.47 Å². The number of hydrogen-bond donors (Lipinski definition) is 1. The Hall–Kier alpha value is -1.95. The Morgan fingerprint density at radius 1 is 1.21 bits per heavy atom. The van der Waals surface area contributed by atoms with Crippen LogP contribution in [0.5, 0.6) is 0 Å². The average Bonchev–Trinajstić information content (AvgIpc) is 3.20. The van der Waals surface area contributed by atoms with Crippen LogP contribution in [0.25, 0.3) is 0 Å². The second-order valence-corrected chi connectivity index (χ2v) is 7.65. The number of nitrogens with zero attached hydrogens (tertiary/aromatic N) is 1. The van der Waals surface area contributed by atoms with Crippen LogP contribution >= 0.6 is 15.9 Å². The monoisotopic (exact) mass is 388 g/mol. The SMILES string of the molecule is Cc1ccc(NC(=O)CN2C(=O)[C@@H]3[C@@H](C2=O)[C@H]2C=C[C@H]3C2)c(Br)c1. The topological polar surface area (TPSA) is 66.5 Å². The van der Waals surface area contributed by atoms with E-state index in [4.69, 9.17) is 0 Å². The summed E-state index contributed by atoms with van der Waals surface area (Å²) in [5.74, 6) is -0.939. The summed E-state index contributed by atoms with van der Waals surface area (Å²) < 4.78 is 0.772. The van der Waals surface area contributed by atoms with Crippen LogP contribution < -0.4 is 5.32 Å². The van der Waals surface area contributed by atoms with Crippen molar-refractivity contribution in [2.45, 2.75) is 13.3 Å². The van der Waals surface area contributed by atoms with Crippen molar-refractivity contribution in [1.82, 2.24) is 4.90 Å². The van der Waals surface area contributed by atoms with Crippen LogP contribution in [0.4, 0.5) is 5.69 Å². The molecule has 2 aliphatic carbocycles. The molecule has 0 aromatic heterocycles. The van der Waals surface area contributed by atoms with Crippen molar-refractivity contribution >= 4 is 39.3 Å². The average molecular weight is 389 g/mol. The predicted molar refractivity (Wildman–Crippen MR) is 91.9 cm³/mol. The minimum atomic E-state index is -0.360. The number of rotatable bonds is 3. The van der Waals surface area contributed by atoms with E-state index in [0.717, 1.165) is 21.4 Å². The molecule has 6 heteroatoms. The lowest BCUT2D eigenvalue weighted by molar-refractivity contribution is -0.143. The van der Waals surface area contributed by atoms with Crippen LogP contribution in [0, 0.1) is 30.6 Å². The number of nitrogens with one attached hydrogen (secondary N) is 1. The number of carbonyl (C=O) groups is 3. The predicted octanol–water partition coefficient (Wildman–Crippen LogP) is 2.50. The Balaban J connectivity index is 1.47. The van der Waals surface area contributed by atoms with Crippen molar-refractivity contribution in [1.29, 1.82) is 0 Å². The van der Waals surface area contributed by atoms with Gasteiger partial charge in [0.1, 0.15) is 6.54 Å². The molecule has 4 rings (SSSR count). The number of aryl methyl sites for hydroxylation is 1. The van der Waals surface area contributed by atoms with Gasteiger partial charge in [-0.2, -0.15) is 0 Å². The maximum Gasteiger partial charge on any atom is 0.244 e. The number of fused-ring (bicyclic) bond motifs is 5. The highest BCUT2D eigenvalue weighted by Crippen LogP contribution is 2.52. The quantitative estimate of drug-likeness (QED) is 0.638. The fourth-order valence-electron chi connectivity index (χ4n) is 4.17. The number of anilines is 1. The molecule has 1 saturated carbocycles. The van der Waals surface area contributed by atoms with Gasteiger partial charge < -0.3 is 5.32 Å². The molecule has 24 heavy (non-hydrogen) atoms. The first-order chi connectivity index (χ1) is 11.5. The second kappa shape index (κ2) is 5.55. The Kier molecular flexibility index (Phi) is 3.60. The summed E-state index contributed by atoms with van der Waals surface area (Å²) in [6.45, 7) is 1.74. The van der Waals surface area contributed by atoms with Crippen LogP contribution in [-0.2, 0) is 14.4 Å². The number of benzene rings is 1. The smallest absolute Gasteiger partial charge is 0.244 e. The van der Waals surface area contributed by atoms with E-state index in [1.54, 1.807) is 6.07 Å². The zero-order chi connectivity index (χ0) is 17.0. The first-order valence-electron chi connectivity index (χ1n) is 8.05. The second-order valence-electron chi connectivity index (χ2n) is 6.79. The third kappa shape index (κ3) is 2.32. The van der Waals surface area contributed by atoms with E-state index in [2.05, 4.69) is 21.2 Å². The molecule has 2 bridgehead atoms. The lowest BCUT2D eigenvalue weighted by Gasteiger charge is -2.17. The van der Waals surface area contributed by atoms with Gasteiger partial charge in [-0.05, 0) is 58.8 Å². The number of likely N-dealkylation sites (tertiary alicyclic amines) is 1. The van der Waals surface area contributed by atoms with E-state index >= 15 is 0 Å². The van der Waals surface area contributed by atoms with Gasteiger partial charge >= 0.3 is 0 Å². The molecule has 1 aromatic rings. The highest BCUT2D eigenvalue weighted by Gasteiger charge is 2.59. The van der Waals surface area contributed by atoms with Crippen LogP contribution in [0.1, 0.15) is 12.0 Å². The number of amides is 3. The van der Waals surface area contributed by atoms with E-state index in [9.17, 15) is 14.4 Å². The van der Waals surface area contributed by atoms with E-state index in [1.807, 2.05) is 31.2 Å².